The molecule has 2 rings (SSSR count). The zero-order valence-electron chi connectivity index (χ0n) is 11.1. The molecule has 0 saturated heterocycles. The molecule has 0 aromatic carbocycles. The van der Waals surface area contributed by atoms with Crippen molar-refractivity contribution in [2.45, 2.75) is 13.3 Å². The van der Waals surface area contributed by atoms with Gasteiger partial charge in [0.15, 0.2) is 5.13 Å². The Labute approximate surface area is 119 Å². The van der Waals surface area contributed by atoms with E-state index in [1.165, 1.54) is 11.3 Å². The topological polar surface area (TPSA) is 86.1 Å². The highest BCUT2D eigenvalue weighted by atomic mass is 32.1. The molecular weight excluding hydrogens is 280 g/mol. The van der Waals surface area contributed by atoms with Gasteiger partial charge in [0.05, 0.1) is 25.0 Å². The Bertz CT molecular complexity index is 620. The van der Waals surface area contributed by atoms with Crippen LogP contribution in [-0.2, 0) is 23.0 Å². The summed E-state index contributed by atoms with van der Waals surface area (Å²) in [6, 6.07) is 0. The van der Waals surface area contributed by atoms with Gasteiger partial charge in [-0.2, -0.15) is 0 Å². The van der Waals surface area contributed by atoms with Crippen LogP contribution in [0.4, 0.5) is 5.13 Å². The van der Waals surface area contributed by atoms with Crippen LogP contribution in [0.15, 0.2) is 17.9 Å². The second-order valence-corrected chi connectivity index (χ2v) is 4.86. The quantitative estimate of drug-likeness (QED) is 0.838. The Balaban J connectivity index is 1.95. The van der Waals surface area contributed by atoms with Crippen molar-refractivity contribution < 1.29 is 14.3 Å². The molecule has 0 saturated carbocycles. The van der Waals surface area contributed by atoms with E-state index in [4.69, 9.17) is 4.74 Å². The number of anilines is 1. The van der Waals surface area contributed by atoms with E-state index in [-0.39, 0.29) is 18.3 Å². The van der Waals surface area contributed by atoms with Crippen LogP contribution < -0.4 is 5.32 Å². The van der Waals surface area contributed by atoms with Crippen LogP contribution in [0.25, 0.3) is 0 Å². The van der Waals surface area contributed by atoms with Gasteiger partial charge in [0.1, 0.15) is 5.69 Å². The predicted octanol–water partition coefficient (Wildman–Crippen LogP) is 1.23. The molecule has 7 nitrogen and oxygen atoms in total. The van der Waals surface area contributed by atoms with Gasteiger partial charge in [-0.25, -0.2) is 9.97 Å². The van der Waals surface area contributed by atoms with Crippen molar-refractivity contribution in [3.05, 3.63) is 29.3 Å². The predicted molar refractivity (Wildman–Crippen MR) is 73.6 cm³/mol. The molecule has 2 aromatic heterocycles. The van der Waals surface area contributed by atoms with E-state index < -0.39 is 0 Å². The molecule has 0 fully saturated rings. The molecular formula is C12H14N4O3S. The van der Waals surface area contributed by atoms with Crippen molar-refractivity contribution in [3.63, 3.8) is 0 Å². The molecule has 0 aliphatic heterocycles. The number of nitrogens with zero attached hydrogens (tertiary/aromatic N) is 3. The zero-order chi connectivity index (χ0) is 14.5. The molecule has 0 aliphatic rings. The first-order chi connectivity index (χ1) is 9.58. The summed E-state index contributed by atoms with van der Waals surface area (Å²) < 4.78 is 6.52. The van der Waals surface area contributed by atoms with Crippen LogP contribution in [0.1, 0.15) is 23.1 Å². The SMILES string of the molecule is CCOC(=O)Cc1csc(NC(=O)c2cn(C)cn2)n1. The number of aryl methyl sites for hydroxylation is 1. The minimum atomic E-state index is -0.333. The Hall–Kier alpha value is -2.22. The van der Waals surface area contributed by atoms with Crippen LogP contribution in [0.2, 0.25) is 0 Å². The highest BCUT2D eigenvalue weighted by Crippen LogP contribution is 2.16. The molecule has 1 N–H and O–H groups in total. The van der Waals surface area contributed by atoms with Crippen molar-refractivity contribution in [2.75, 3.05) is 11.9 Å². The van der Waals surface area contributed by atoms with E-state index in [0.717, 1.165) is 0 Å². The number of hydrogen-bond donors (Lipinski definition) is 1. The van der Waals surface area contributed by atoms with Gasteiger partial charge in [-0.05, 0) is 6.92 Å². The van der Waals surface area contributed by atoms with Crippen molar-refractivity contribution in [3.8, 4) is 0 Å². The molecule has 0 bridgehead atoms. The molecule has 20 heavy (non-hydrogen) atoms. The summed E-state index contributed by atoms with van der Waals surface area (Å²) in [4.78, 5) is 31.3. The smallest absolute Gasteiger partial charge is 0.311 e. The number of ether oxygens (including phenoxy) is 1. The number of carbonyl (C=O) groups is 2. The number of carbonyl (C=O) groups excluding carboxylic acids is 2. The summed E-state index contributed by atoms with van der Waals surface area (Å²) in [7, 11) is 1.78. The van der Waals surface area contributed by atoms with Crippen molar-refractivity contribution >= 4 is 28.3 Å². The van der Waals surface area contributed by atoms with E-state index in [1.807, 2.05) is 0 Å². The maximum absolute atomic E-state index is 11.8. The van der Waals surface area contributed by atoms with E-state index in [2.05, 4.69) is 15.3 Å². The third-order valence-electron chi connectivity index (χ3n) is 2.34. The summed E-state index contributed by atoms with van der Waals surface area (Å²) >= 11 is 1.25. The van der Waals surface area contributed by atoms with Crippen LogP contribution in [0.3, 0.4) is 0 Å². The monoisotopic (exact) mass is 294 g/mol. The average molecular weight is 294 g/mol. The van der Waals surface area contributed by atoms with Gasteiger partial charge in [0, 0.05) is 18.6 Å². The number of esters is 1. The Morgan fingerprint density at radius 2 is 2.30 bits per heavy atom. The lowest BCUT2D eigenvalue weighted by Crippen LogP contribution is -2.12. The number of rotatable bonds is 5. The Morgan fingerprint density at radius 3 is 2.95 bits per heavy atom. The fourth-order valence-electron chi connectivity index (χ4n) is 1.50. The van der Waals surface area contributed by atoms with Gasteiger partial charge in [-0.1, -0.05) is 0 Å². The van der Waals surface area contributed by atoms with E-state index in [0.29, 0.717) is 23.1 Å². The molecule has 8 heteroatoms. The average Bonchev–Trinajstić information content (AvgIpc) is 2.99. The molecule has 2 heterocycles. The first-order valence-corrected chi connectivity index (χ1v) is 6.85. The summed E-state index contributed by atoms with van der Waals surface area (Å²) in [6.45, 7) is 2.09. The standard InChI is InChI=1S/C12H14N4O3S/c1-3-19-10(17)4-8-6-20-12(14-8)15-11(18)9-5-16(2)7-13-9/h5-7H,3-4H2,1-2H3,(H,14,15,18). The summed E-state index contributed by atoms with van der Waals surface area (Å²) in [5, 5.41) is 4.78. The van der Waals surface area contributed by atoms with E-state index in [9.17, 15) is 9.59 Å². The second-order valence-electron chi connectivity index (χ2n) is 4.00. The lowest BCUT2D eigenvalue weighted by atomic mass is 10.3. The highest BCUT2D eigenvalue weighted by Gasteiger charge is 2.13. The molecule has 0 spiro atoms. The van der Waals surface area contributed by atoms with Crippen molar-refractivity contribution in [1.29, 1.82) is 0 Å². The van der Waals surface area contributed by atoms with Crippen LogP contribution in [-0.4, -0.2) is 33.0 Å². The van der Waals surface area contributed by atoms with Crippen molar-refractivity contribution in [2.24, 2.45) is 7.05 Å². The first kappa shape index (κ1) is 14.2. The summed E-state index contributed by atoms with van der Waals surface area (Å²) in [5.41, 5.74) is 0.888. The fraction of sp³-hybridized carbons (Fsp3) is 0.333. The Kier molecular flexibility index (Phi) is 4.46. The minimum absolute atomic E-state index is 0.101. The molecule has 1 amide bonds. The molecule has 0 aliphatic carbocycles. The lowest BCUT2D eigenvalue weighted by molar-refractivity contribution is -0.142. The number of nitrogens with one attached hydrogen (secondary N) is 1. The fourth-order valence-corrected chi connectivity index (χ4v) is 2.20. The second kappa shape index (κ2) is 6.29. The lowest BCUT2D eigenvalue weighted by Gasteiger charge is -1.99. The van der Waals surface area contributed by atoms with E-state index in [1.54, 1.807) is 36.4 Å². The maximum atomic E-state index is 11.8. The number of amides is 1. The third-order valence-corrected chi connectivity index (χ3v) is 3.15. The van der Waals surface area contributed by atoms with E-state index >= 15 is 0 Å². The Morgan fingerprint density at radius 1 is 1.50 bits per heavy atom. The summed E-state index contributed by atoms with van der Waals surface area (Å²) in [5.74, 6) is -0.664. The number of aromatic nitrogens is 3. The van der Waals surface area contributed by atoms with Crippen LogP contribution in [0.5, 0.6) is 0 Å². The van der Waals surface area contributed by atoms with Crippen molar-refractivity contribution in [1.82, 2.24) is 14.5 Å². The van der Waals surface area contributed by atoms with Gasteiger partial charge in [0.25, 0.3) is 5.91 Å². The minimum Gasteiger partial charge on any atom is -0.466 e. The number of thiazole rings is 1. The van der Waals surface area contributed by atoms with Gasteiger partial charge >= 0.3 is 5.97 Å². The zero-order valence-corrected chi connectivity index (χ0v) is 11.9. The van der Waals surface area contributed by atoms with Gasteiger partial charge in [-0.15, -0.1) is 11.3 Å². The van der Waals surface area contributed by atoms with Crippen LogP contribution >= 0.6 is 11.3 Å². The summed E-state index contributed by atoms with van der Waals surface area (Å²) in [6.07, 6.45) is 3.26. The normalized spacial score (nSPS) is 10.3. The number of hydrogen-bond acceptors (Lipinski definition) is 6. The van der Waals surface area contributed by atoms with Gasteiger partial charge < -0.3 is 9.30 Å². The molecule has 0 unspecified atom stereocenters. The third kappa shape index (κ3) is 3.64. The van der Waals surface area contributed by atoms with Gasteiger partial charge in [0.2, 0.25) is 0 Å². The molecule has 106 valence electrons. The number of imidazole rings is 1. The first-order valence-electron chi connectivity index (χ1n) is 5.98. The molecule has 0 radical (unpaired) electrons. The van der Waals surface area contributed by atoms with Crippen LogP contribution in [0, 0.1) is 0 Å². The largest absolute Gasteiger partial charge is 0.466 e. The maximum Gasteiger partial charge on any atom is 0.311 e. The molecule has 0 atom stereocenters. The van der Waals surface area contributed by atoms with Gasteiger partial charge in [-0.3, -0.25) is 14.9 Å². The highest BCUT2D eigenvalue weighted by molar-refractivity contribution is 7.14. The molecule has 2 aromatic rings.